The van der Waals surface area contributed by atoms with E-state index < -0.39 is 0 Å². The van der Waals surface area contributed by atoms with Gasteiger partial charge in [0.15, 0.2) is 0 Å². The van der Waals surface area contributed by atoms with Gasteiger partial charge in [-0.15, -0.1) is 0 Å². The summed E-state index contributed by atoms with van der Waals surface area (Å²) < 4.78 is 7.88. The zero-order valence-electron chi connectivity index (χ0n) is 16.6. The summed E-state index contributed by atoms with van der Waals surface area (Å²) in [4.78, 5) is 19.3. The zero-order valence-corrected chi connectivity index (χ0v) is 16.6. The van der Waals surface area contributed by atoms with Gasteiger partial charge in [0.25, 0.3) is 5.91 Å². The molecule has 1 fully saturated rings. The number of aromatic nitrogens is 2. The molecule has 28 heavy (non-hydrogen) atoms. The Morgan fingerprint density at radius 2 is 1.93 bits per heavy atom. The van der Waals surface area contributed by atoms with Gasteiger partial charge in [-0.25, -0.2) is 4.98 Å². The number of hydrogen-bond donors (Lipinski definition) is 0. The highest BCUT2D eigenvalue weighted by Gasteiger charge is 2.22. The molecule has 0 atom stereocenters. The summed E-state index contributed by atoms with van der Waals surface area (Å²) in [5.74, 6) is 0.833. The van der Waals surface area contributed by atoms with Crippen LogP contribution in [0.3, 0.4) is 0 Å². The summed E-state index contributed by atoms with van der Waals surface area (Å²) in [6, 6.07) is 11.9. The number of ether oxygens (including phenoxy) is 1. The van der Waals surface area contributed by atoms with E-state index >= 15 is 0 Å². The van der Waals surface area contributed by atoms with Gasteiger partial charge in [-0.3, -0.25) is 4.79 Å². The number of fused-ring (bicyclic) bond motifs is 1. The number of amides is 1. The van der Waals surface area contributed by atoms with E-state index in [-0.39, 0.29) is 5.91 Å². The molecule has 4 rings (SSSR count). The second-order valence-corrected chi connectivity index (χ2v) is 7.68. The first-order valence-electron chi connectivity index (χ1n) is 10.0. The molecule has 1 saturated carbocycles. The van der Waals surface area contributed by atoms with Crippen LogP contribution in [0.5, 0.6) is 5.75 Å². The Kier molecular flexibility index (Phi) is 5.33. The molecular weight excluding hydrogens is 350 g/mol. The molecule has 5 nitrogen and oxygen atoms in total. The van der Waals surface area contributed by atoms with E-state index in [1.165, 1.54) is 19.3 Å². The molecule has 1 aliphatic rings. The van der Waals surface area contributed by atoms with Crippen LogP contribution < -0.4 is 4.74 Å². The predicted molar refractivity (Wildman–Crippen MR) is 110 cm³/mol. The quantitative estimate of drug-likeness (QED) is 0.651. The molecule has 0 bridgehead atoms. The minimum absolute atomic E-state index is 0.0919. The Balaban J connectivity index is 1.38. The fourth-order valence-corrected chi connectivity index (χ4v) is 3.96. The number of benzene rings is 1. The van der Waals surface area contributed by atoms with Gasteiger partial charge in [0.2, 0.25) is 0 Å². The van der Waals surface area contributed by atoms with Crippen LogP contribution in [0.25, 0.3) is 5.65 Å². The Labute approximate surface area is 166 Å². The standard InChI is InChI=1S/C23H27N3O2/c1-17-7-6-14-26-15-19(24-22(17)26)16-28-21-12-10-18(11-13-21)23(27)25(2)20-8-4-3-5-9-20/h6-7,10-15,20H,3-5,8-9,16H2,1-2H3. The van der Waals surface area contributed by atoms with Gasteiger partial charge in [0.1, 0.15) is 18.0 Å². The number of hydrogen-bond acceptors (Lipinski definition) is 3. The van der Waals surface area contributed by atoms with Crippen LogP contribution in [0.1, 0.15) is 53.7 Å². The zero-order chi connectivity index (χ0) is 19.5. The number of rotatable bonds is 5. The van der Waals surface area contributed by atoms with Crippen molar-refractivity contribution in [1.82, 2.24) is 14.3 Å². The van der Waals surface area contributed by atoms with Crippen LogP contribution in [0.15, 0.2) is 48.8 Å². The molecule has 146 valence electrons. The number of carbonyl (C=O) groups excluding carboxylic acids is 1. The summed E-state index contributed by atoms with van der Waals surface area (Å²) in [7, 11) is 1.92. The molecule has 2 heterocycles. The molecule has 1 aliphatic carbocycles. The second kappa shape index (κ2) is 8.05. The van der Waals surface area contributed by atoms with Crippen LogP contribution in [-0.4, -0.2) is 33.3 Å². The van der Waals surface area contributed by atoms with Crippen LogP contribution >= 0.6 is 0 Å². The van der Waals surface area contributed by atoms with Gasteiger partial charge in [-0.1, -0.05) is 25.3 Å². The van der Waals surface area contributed by atoms with Gasteiger partial charge < -0.3 is 14.0 Å². The highest BCUT2D eigenvalue weighted by atomic mass is 16.5. The number of aryl methyl sites for hydroxylation is 1. The lowest BCUT2D eigenvalue weighted by Crippen LogP contribution is -2.38. The number of carbonyl (C=O) groups is 1. The molecule has 0 unspecified atom stereocenters. The van der Waals surface area contributed by atoms with E-state index in [1.807, 2.05) is 72.1 Å². The molecule has 0 N–H and O–H groups in total. The van der Waals surface area contributed by atoms with Crippen molar-refractivity contribution in [2.45, 2.75) is 51.7 Å². The van der Waals surface area contributed by atoms with E-state index in [0.29, 0.717) is 18.2 Å². The van der Waals surface area contributed by atoms with Crippen LogP contribution in [0.2, 0.25) is 0 Å². The highest BCUT2D eigenvalue weighted by molar-refractivity contribution is 5.94. The van der Waals surface area contributed by atoms with E-state index in [9.17, 15) is 4.79 Å². The Morgan fingerprint density at radius 1 is 1.18 bits per heavy atom. The monoisotopic (exact) mass is 377 g/mol. The minimum Gasteiger partial charge on any atom is -0.487 e. The van der Waals surface area contributed by atoms with Crippen molar-refractivity contribution in [2.75, 3.05) is 7.05 Å². The van der Waals surface area contributed by atoms with Gasteiger partial charge in [-0.2, -0.15) is 0 Å². The van der Waals surface area contributed by atoms with E-state index in [0.717, 1.165) is 35.5 Å². The maximum absolute atomic E-state index is 12.7. The highest BCUT2D eigenvalue weighted by Crippen LogP contribution is 2.23. The van der Waals surface area contributed by atoms with Crippen LogP contribution in [0, 0.1) is 6.92 Å². The van der Waals surface area contributed by atoms with Gasteiger partial charge in [0, 0.05) is 31.0 Å². The van der Waals surface area contributed by atoms with Crippen molar-refractivity contribution in [3.05, 3.63) is 65.6 Å². The molecule has 0 spiro atoms. The third kappa shape index (κ3) is 3.88. The lowest BCUT2D eigenvalue weighted by atomic mass is 9.94. The summed E-state index contributed by atoms with van der Waals surface area (Å²) in [6.07, 6.45) is 9.93. The molecule has 1 amide bonds. The molecule has 0 saturated heterocycles. The topological polar surface area (TPSA) is 46.8 Å². The fraction of sp³-hybridized carbons (Fsp3) is 0.391. The van der Waals surface area contributed by atoms with Gasteiger partial charge >= 0.3 is 0 Å². The normalized spacial score (nSPS) is 14.9. The average molecular weight is 377 g/mol. The van der Waals surface area contributed by atoms with Crippen LogP contribution in [0.4, 0.5) is 0 Å². The summed E-state index contributed by atoms with van der Waals surface area (Å²) >= 11 is 0. The summed E-state index contributed by atoms with van der Waals surface area (Å²) in [5, 5.41) is 0. The van der Waals surface area contributed by atoms with E-state index in [4.69, 9.17) is 4.74 Å². The molecule has 2 aromatic heterocycles. The molecule has 1 aromatic carbocycles. The van der Waals surface area contributed by atoms with Crippen molar-refractivity contribution in [3.8, 4) is 5.75 Å². The molecule has 3 aromatic rings. The Bertz CT molecular complexity index is 956. The first-order chi connectivity index (χ1) is 13.6. The average Bonchev–Trinajstić information content (AvgIpc) is 3.17. The number of imidazole rings is 1. The van der Waals surface area contributed by atoms with Crippen molar-refractivity contribution in [1.29, 1.82) is 0 Å². The van der Waals surface area contributed by atoms with E-state index in [1.54, 1.807) is 0 Å². The molecule has 0 radical (unpaired) electrons. The van der Waals surface area contributed by atoms with Crippen molar-refractivity contribution >= 4 is 11.6 Å². The number of pyridine rings is 1. The van der Waals surface area contributed by atoms with Crippen LogP contribution in [-0.2, 0) is 6.61 Å². The lowest BCUT2D eigenvalue weighted by Gasteiger charge is -2.31. The maximum Gasteiger partial charge on any atom is 0.253 e. The molecule has 0 aliphatic heterocycles. The van der Waals surface area contributed by atoms with Gasteiger partial charge in [0.05, 0.1) is 5.69 Å². The van der Waals surface area contributed by atoms with Crippen molar-refractivity contribution in [2.24, 2.45) is 0 Å². The fourth-order valence-electron chi connectivity index (χ4n) is 3.96. The minimum atomic E-state index is 0.0919. The van der Waals surface area contributed by atoms with Crippen molar-refractivity contribution in [3.63, 3.8) is 0 Å². The van der Waals surface area contributed by atoms with Crippen molar-refractivity contribution < 1.29 is 9.53 Å². The predicted octanol–water partition coefficient (Wildman–Crippen LogP) is 4.63. The maximum atomic E-state index is 12.7. The first kappa shape index (κ1) is 18.5. The van der Waals surface area contributed by atoms with E-state index in [2.05, 4.69) is 4.98 Å². The summed E-state index contributed by atoms with van der Waals surface area (Å²) in [6.45, 7) is 2.45. The smallest absolute Gasteiger partial charge is 0.253 e. The largest absolute Gasteiger partial charge is 0.487 e. The molecular formula is C23H27N3O2. The third-order valence-electron chi connectivity index (χ3n) is 5.66. The lowest BCUT2D eigenvalue weighted by molar-refractivity contribution is 0.0696. The first-order valence-corrected chi connectivity index (χ1v) is 10.0. The third-order valence-corrected chi connectivity index (χ3v) is 5.66. The number of nitrogens with zero attached hydrogens (tertiary/aromatic N) is 3. The Hall–Kier alpha value is -2.82. The summed E-state index contributed by atoms with van der Waals surface area (Å²) in [5.41, 5.74) is 3.68. The second-order valence-electron chi connectivity index (χ2n) is 7.68. The molecule has 5 heteroatoms. The Morgan fingerprint density at radius 3 is 2.64 bits per heavy atom. The van der Waals surface area contributed by atoms with Gasteiger partial charge in [-0.05, 0) is 55.7 Å². The SMILES string of the molecule is Cc1cccn2cc(COc3ccc(C(=O)N(C)C4CCCCC4)cc3)nc12.